The third-order valence-corrected chi connectivity index (χ3v) is 4.36. The number of H-pyrrole nitrogens is 1. The third kappa shape index (κ3) is 5.43. The van der Waals surface area contributed by atoms with Gasteiger partial charge in [0.15, 0.2) is 5.82 Å². The summed E-state index contributed by atoms with van der Waals surface area (Å²) in [4.78, 5) is 13.9. The lowest BCUT2D eigenvalue weighted by atomic mass is 10.1. The fourth-order valence-corrected chi connectivity index (χ4v) is 2.99. The van der Waals surface area contributed by atoms with Crippen LogP contribution in [0, 0.1) is 0 Å². The quantitative estimate of drug-likeness (QED) is 0.828. The van der Waals surface area contributed by atoms with Crippen molar-refractivity contribution in [1.82, 2.24) is 25.5 Å². The first-order chi connectivity index (χ1) is 13.5. The van der Waals surface area contributed by atoms with Crippen LogP contribution in [0.25, 0.3) is 0 Å². The Morgan fingerprint density at radius 2 is 1.90 bits per heavy atom. The molecule has 0 saturated carbocycles. The van der Waals surface area contributed by atoms with E-state index < -0.39 is 29.5 Å². The topological polar surface area (TPSA) is 93.2 Å². The summed E-state index contributed by atoms with van der Waals surface area (Å²) >= 11 is 0. The Hall–Kier alpha value is -2.69. The van der Waals surface area contributed by atoms with Gasteiger partial charge in [-0.1, -0.05) is 17.3 Å². The number of hydrogen-bond donors (Lipinski definition) is 1. The molecular formula is C18H22F3N5O3. The highest BCUT2D eigenvalue weighted by atomic mass is 19.4. The average Bonchev–Trinajstić information content (AvgIpc) is 3.27. The SMILES string of the molecule is CC(C)(C)OC(=O)N1C[C@@H](OCc2ccc(C(F)(F)F)cc2)[C@H](c2nn[nH]n2)C1. The fourth-order valence-electron chi connectivity index (χ4n) is 2.99. The maximum Gasteiger partial charge on any atom is 0.416 e. The van der Waals surface area contributed by atoms with Crippen LogP contribution in [0.2, 0.25) is 0 Å². The number of nitrogens with zero attached hydrogens (tertiary/aromatic N) is 4. The third-order valence-electron chi connectivity index (χ3n) is 4.36. The smallest absolute Gasteiger partial charge is 0.416 e. The number of alkyl halides is 3. The average molecular weight is 413 g/mol. The van der Waals surface area contributed by atoms with Crippen LogP contribution < -0.4 is 0 Å². The van der Waals surface area contributed by atoms with E-state index in [0.29, 0.717) is 11.4 Å². The molecule has 8 nitrogen and oxygen atoms in total. The zero-order valence-electron chi connectivity index (χ0n) is 16.2. The molecule has 1 saturated heterocycles. The number of likely N-dealkylation sites (tertiary alicyclic amines) is 1. The molecule has 0 radical (unpaired) electrons. The number of nitrogens with one attached hydrogen (secondary N) is 1. The van der Waals surface area contributed by atoms with Crippen molar-refractivity contribution in [2.24, 2.45) is 0 Å². The molecule has 2 atom stereocenters. The second-order valence-corrected chi connectivity index (χ2v) is 7.81. The first kappa shape index (κ1) is 21.0. The molecule has 1 aromatic carbocycles. The van der Waals surface area contributed by atoms with Crippen LogP contribution in [-0.2, 0) is 22.3 Å². The summed E-state index contributed by atoms with van der Waals surface area (Å²) in [5, 5.41) is 13.9. The van der Waals surface area contributed by atoms with Gasteiger partial charge < -0.3 is 14.4 Å². The molecule has 3 rings (SSSR count). The van der Waals surface area contributed by atoms with Crippen LogP contribution in [0.1, 0.15) is 43.6 Å². The highest BCUT2D eigenvalue weighted by molar-refractivity contribution is 5.68. The lowest BCUT2D eigenvalue weighted by Gasteiger charge is -2.24. The lowest BCUT2D eigenvalue weighted by Crippen LogP contribution is -2.36. The maximum absolute atomic E-state index is 12.7. The monoisotopic (exact) mass is 413 g/mol. The van der Waals surface area contributed by atoms with Gasteiger partial charge in [0.1, 0.15) is 5.60 Å². The molecule has 1 aliphatic rings. The summed E-state index contributed by atoms with van der Waals surface area (Å²) in [5.41, 5.74) is -0.777. The highest BCUT2D eigenvalue weighted by Crippen LogP contribution is 2.31. The van der Waals surface area contributed by atoms with E-state index >= 15 is 0 Å². The number of halogens is 3. The molecule has 2 heterocycles. The predicted octanol–water partition coefficient (Wildman–Crippen LogP) is 3.14. The summed E-state index contributed by atoms with van der Waals surface area (Å²) in [6.07, 6.45) is -5.32. The largest absolute Gasteiger partial charge is 0.444 e. The van der Waals surface area contributed by atoms with Crippen molar-refractivity contribution in [3.05, 3.63) is 41.2 Å². The van der Waals surface area contributed by atoms with Crippen molar-refractivity contribution < 1.29 is 27.4 Å². The maximum atomic E-state index is 12.7. The van der Waals surface area contributed by atoms with Crippen LogP contribution in [0.5, 0.6) is 0 Å². The van der Waals surface area contributed by atoms with Crippen LogP contribution >= 0.6 is 0 Å². The number of rotatable bonds is 4. The lowest BCUT2D eigenvalue weighted by molar-refractivity contribution is -0.137. The van der Waals surface area contributed by atoms with Crippen LogP contribution in [0.4, 0.5) is 18.0 Å². The Labute approximate surface area is 165 Å². The van der Waals surface area contributed by atoms with Crippen LogP contribution in [-0.4, -0.2) is 56.4 Å². The molecule has 1 aliphatic heterocycles. The molecule has 1 aromatic heterocycles. The molecule has 1 amide bonds. The molecule has 1 fully saturated rings. The van der Waals surface area contributed by atoms with Crippen molar-refractivity contribution in [1.29, 1.82) is 0 Å². The first-order valence-electron chi connectivity index (χ1n) is 9.02. The predicted molar refractivity (Wildman–Crippen MR) is 94.7 cm³/mol. The number of amides is 1. The second-order valence-electron chi connectivity index (χ2n) is 7.81. The van der Waals surface area contributed by atoms with Crippen molar-refractivity contribution in [3.8, 4) is 0 Å². The number of tetrazole rings is 1. The van der Waals surface area contributed by atoms with E-state index in [2.05, 4.69) is 20.6 Å². The van der Waals surface area contributed by atoms with E-state index in [1.807, 2.05) is 0 Å². The molecule has 29 heavy (non-hydrogen) atoms. The van der Waals surface area contributed by atoms with Gasteiger partial charge in [0.2, 0.25) is 0 Å². The summed E-state index contributed by atoms with van der Waals surface area (Å²) in [6.45, 7) is 5.93. The van der Waals surface area contributed by atoms with Gasteiger partial charge in [-0.3, -0.25) is 0 Å². The Morgan fingerprint density at radius 3 is 2.45 bits per heavy atom. The van der Waals surface area contributed by atoms with Gasteiger partial charge in [0.25, 0.3) is 0 Å². The first-order valence-corrected chi connectivity index (χ1v) is 9.02. The Bertz CT molecular complexity index is 819. The number of carbonyl (C=O) groups excluding carboxylic acids is 1. The summed E-state index contributed by atoms with van der Waals surface area (Å²) < 4.78 is 49.4. The fraction of sp³-hybridized carbons (Fsp3) is 0.556. The van der Waals surface area contributed by atoms with E-state index in [1.165, 1.54) is 17.0 Å². The van der Waals surface area contributed by atoms with Gasteiger partial charge in [-0.25, -0.2) is 4.79 Å². The minimum atomic E-state index is -4.39. The van der Waals surface area contributed by atoms with Gasteiger partial charge >= 0.3 is 12.3 Å². The number of aromatic nitrogens is 4. The van der Waals surface area contributed by atoms with Crippen LogP contribution in [0.15, 0.2) is 24.3 Å². The minimum Gasteiger partial charge on any atom is -0.444 e. The molecule has 0 bridgehead atoms. The molecule has 1 N–H and O–H groups in total. The van der Waals surface area contributed by atoms with Crippen molar-refractivity contribution >= 4 is 6.09 Å². The van der Waals surface area contributed by atoms with Gasteiger partial charge in [0, 0.05) is 6.54 Å². The summed E-state index contributed by atoms with van der Waals surface area (Å²) in [5.74, 6) is 0.0594. The van der Waals surface area contributed by atoms with Gasteiger partial charge in [-0.05, 0) is 38.5 Å². The van der Waals surface area contributed by atoms with E-state index in [4.69, 9.17) is 9.47 Å². The van der Waals surface area contributed by atoms with Gasteiger partial charge in [0.05, 0.1) is 30.7 Å². The number of ether oxygens (including phenoxy) is 2. The Balaban J connectivity index is 1.68. The van der Waals surface area contributed by atoms with Crippen molar-refractivity contribution in [2.75, 3.05) is 13.1 Å². The molecule has 158 valence electrons. The number of hydrogen-bond acceptors (Lipinski definition) is 6. The number of carbonyl (C=O) groups is 1. The normalized spacial score (nSPS) is 20.1. The zero-order valence-corrected chi connectivity index (χ0v) is 16.2. The van der Waals surface area contributed by atoms with Crippen molar-refractivity contribution in [3.63, 3.8) is 0 Å². The van der Waals surface area contributed by atoms with Crippen molar-refractivity contribution in [2.45, 2.75) is 51.2 Å². The van der Waals surface area contributed by atoms with E-state index in [1.54, 1.807) is 20.8 Å². The van der Waals surface area contributed by atoms with Gasteiger partial charge in [-0.15, -0.1) is 10.2 Å². The van der Waals surface area contributed by atoms with E-state index in [-0.39, 0.29) is 25.6 Å². The highest BCUT2D eigenvalue weighted by Gasteiger charge is 2.41. The minimum absolute atomic E-state index is 0.0827. The molecule has 2 aromatic rings. The summed E-state index contributed by atoms with van der Waals surface area (Å²) in [7, 11) is 0. The molecule has 0 aliphatic carbocycles. The molecular weight excluding hydrogens is 391 g/mol. The number of benzene rings is 1. The second kappa shape index (κ2) is 7.97. The van der Waals surface area contributed by atoms with E-state index in [9.17, 15) is 18.0 Å². The number of aromatic amines is 1. The zero-order chi connectivity index (χ0) is 21.2. The van der Waals surface area contributed by atoms with E-state index in [0.717, 1.165) is 12.1 Å². The molecule has 0 unspecified atom stereocenters. The van der Waals surface area contributed by atoms with Gasteiger partial charge in [-0.2, -0.15) is 18.4 Å². The molecule has 0 spiro atoms. The standard InChI is InChI=1S/C18H22F3N5O3/c1-17(2,3)29-16(27)26-8-13(15-22-24-25-23-15)14(9-26)28-10-11-4-6-12(7-5-11)18(19,20)21/h4-7,13-14H,8-10H2,1-3H3,(H,22,23,24,25)/t13-,14-/m1/s1. The Morgan fingerprint density at radius 1 is 1.21 bits per heavy atom. The summed E-state index contributed by atoms with van der Waals surface area (Å²) in [6, 6.07) is 4.76. The molecule has 11 heteroatoms. The Kier molecular flexibility index (Phi) is 5.78. The van der Waals surface area contributed by atoms with Crippen LogP contribution in [0.3, 0.4) is 0 Å².